The monoisotopic (exact) mass is 320 g/mol. The van der Waals surface area contributed by atoms with Crippen LogP contribution in [0.25, 0.3) is 0 Å². The standard InChI is InChI=1S/C22H28N2/c1-18(20-11-6-3-7-12-20)24-14-8-13-21-16-23(17-22(21)24)15-19-9-4-2-5-10-19/h2-7,9-12,18,21-22H,8,13-17H2,1H3/t18-,21+,22-/m1/s1. The van der Waals surface area contributed by atoms with Gasteiger partial charge in [0.25, 0.3) is 0 Å². The van der Waals surface area contributed by atoms with Crippen LogP contribution in [0.1, 0.15) is 36.9 Å². The van der Waals surface area contributed by atoms with Crippen LogP contribution in [-0.4, -0.2) is 35.5 Å². The second kappa shape index (κ2) is 7.08. The number of nitrogens with zero attached hydrogens (tertiary/aromatic N) is 2. The summed E-state index contributed by atoms with van der Waals surface area (Å²) < 4.78 is 0. The maximum atomic E-state index is 2.77. The van der Waals surface area contributed by atoms with Gasteiger partial charge in [0, 0.05) is 31.7 Å². The molecule has 2 heterocycles. The average molecular weight is 320 g/mol. The van der Waals surface area contributed by atoms with Crippen molar-refractivity contribution in [1.29, 1.82) is 0 Å². The van der Waals surface area contributed by atoms with Gasteiger partial charge in [-0.15, -0.1) is 0 Å². The Bertz CT molecular complexity index is 640. The first-order valence-corrected chi connectivity index (χ1v) is 9.38. The summed E-state index contributed by atoms with van der Waals surface area (Å²) in [6, 6.07) is 23.2. The van der Waals surface area contributed by atoms with Gasteiger partial charge in [-0.2, -0.15) is 0 Å². The second-order valence-corrected chi connectivity index (χ2v) is 7.47. The van der Waals surface area contributed by atoms with E-state index in [1.807, 2.05) is 0 Å². The minimum Gasteiger partial charge on any atom is -0.297 e. The lowest BCUT2D eigenvalue weighted by atomic mass is 9.90. The van der Waals surface area contributed by atoms with Crippen LogP contribution in [0.5, 0.6) is 0 Å². The lowest BCUT2D eigenvalue weighted by Crippen LogP contribution is -2.46. The molecule has 126 valence electrons. The molecular weight excluding hydrogens is 292 g/mol. The van der Waals surface area contributed by atoms with Crippen LogP contribution < -0.4 is 0 Å². The van der Waals surface area contributed by atoms with E-state index in [0.717, 1.165) is 18.5 Å². The topological polar surface area (TPSA) is 6.48 Å². The molecular formula is C22H28N2. The molecule has 2 aromatic carbocycles. The van der Waals surface area contributed by atoms with Gasteiger partial charge in [-0.05, 0) is 43.4 Å². The van der Waals surface area contributed by atoms with Crippen molar-refractivity contribution in [3.05, 3.63) is 71.8 Å². The van der Waals surface area contributed by atoms with Crippen molar-refractivity contribution in [3.8, 4) is 0 Å². The van der Waals surface area contributed by atoms with Gasteiger partial charge in [-0.1, -0.05) is 60.7 Å². The third kappa shape index (κ3) is 3.26. The summed E-state index contributed by atoms with van der Waals surface area (Å²) >= 11 is 0. The molecule has 0 aliphatic carbocycles. The Kier molecular flexibility index (Phi) is 4.68. The number of piperidine rings is 1. The number of rotatable bonds is 4. The molecule has 4 rings (SSSR count). The van der Waals surface area contributed by atoms with Gasteiger partial charge in [0.15, 0.2) is 0 Å². The Hall–Kier alpha value is -1.64. The van der Waals surface area contributed by atoms with Gasteiger partial charge in [0.2, 0.25) is 0 Å². The fourth-order valence-electron chi connectivity index (χ4n) is 4.68. The molecule has 2 fully saturated rings. The van der Waals surface area contributed by atoms with E-state index in [-0.39, 0.29) is 0 Å². The molecule has 2 aliphatic rings. The first-order chi connectivity index (χ1) is 11.8. The van der Waals surface area contributed by atoms with Crippen LogP contribution in [0.15, 0.2) is 60.7 Å². The first-order valence-electron chi connectivity index (χ1n) is 9.38. The maximum absolute atomic E-state index is 2.77. The van der Waals surface area contributed by atoms with E-state index < -0.39 is 0 Å². The molecule has 0 N–H and O–H groups in total. The molecule has 2 nitrogen and oxygen atoms in total. The zero-order chi connectivity index (χ0) is 16.4. The Morgan fingerprint density at radius 2 is 1.67 bits per heavy atom. The van der Waals surface area contributed by atoms with Gasteiger partial charge < -0.3 is 0 Å². The molecule has 0 radical (unpaired) electrons. The molecule has 2 aromatic rings. The minimum atomic E-state index is 0.524. The third-order valence-electron chi connectivity index (χ3n) is 5.93. The smallest absolute Gasteiger partial charge is 0.0323 e. The number of hydrogen-bond donors (Lipinski definition) is 0. The lowest BCUT2D eigenvalue weighted by molar-refractivity contribution is 0.0830. The molecule has 0 amide bonds. The molecule has 0 bridgehead atoms. The van der Waals surface area contributed by atoms with E-state index >= 15 is 0 Å². The number of likely N-dealkylation sites (tertiary alicyclic amines) is 2. The van der Waals surface area contributed by atoms with Crippen molar-refractivity contribution in [2.45, 2.75) is 38.4 Å². The Morgan fingerprint density at radius 3 is 2.42 bits per heavy atom. The molecule has 2 aliphatic heterocycles. The van der Waals surface area contributed by atoms with Crippen LogP contribution in [0.3, 0.4) is 0 Å². The van der Waals surface area contributed by atoms with Crippen molar-refractivity contribution in [1.82, 2.24) is 9.80 Å². The fraction of sp³-hybridized carbons (Fsp3) is 0.455. The quantitative estimate of drug-likeness (QED) is 0.826. The van der Waals surface area contributed by atoms with Crippen molar-refractivity contribution < 1.29 is 0 Å². The highest BCUT2D eigenvalue weighted by atomic mass is 15.3. The third-order valence-corrected chi connectivity index (χ3v) is 5.93. The maximum Gasteiger partial charge on any atom is 0.0323 e. The lowest BCUT2D eigenvalue weighted by Gasteiger charge is -2.41. The molecule has 0 aromatic heterocycles. The molecule has 2 heteroatoms. The Morgan fingerprint density at radius 1 is 0.958 bits per heavy atom. The SMILES string of the molecule is C[C@H](c1ccccc1)N1CCC[C@H]2CN(Cc3ccccc3)C[C@H]21. The summed E-state index contributed by atoms with van der Waals surface area (Å²) in [5.41, 5.74) is 2.90. The number of benzene rings is 2. The largest absolute Gasteiger partial charge is 0.297 e. The summed E-state index contributed by atoms with van der Waals surface area (Å²) in [5.74, 6) is 0.841. The van der Waals surface area contributed by atoms with E-state index in [4.69, 9.17) is 0 Å². The Labute approximate surface area is 146 Å². The van der Waals surface area contributed by atoms with Crippen molar-refractivity contribution in [3.63, 3.8) is 0 Å². The predicted molar refractivity (Wildman–Crippen MR) is 99.8 cm³/mol. The Balaban J connectivity index is 1.46. The number of hydrogen-bond acceptors (Lipinski definition) is 2. The summed E-state index contributed by atoms with van der Waals surface area (Å²) in [5, 5.41) is 0. The highest BCUT2D eigenvalue weighted by molar-refractivity contribution is 5.19. The van der Waals surface area contributed by atoms with Gasteiger partial charge in [-0.3, -0.25) is 9.80 Å². The zero-order valence-corrected chi connectivity index (χ0v) is 14.6. The molecule has 2 saturated heterocycles. The molecule has 0 saturated carbocycles. The van der Waals surface area contributed by atoms with Crippen molar-refractivity contribution >= 4 is 0 Å². The van der Waals surface area contributed by atoms with E-state index in [1.165, 1.54) is 43.6 Å². The van der Waals surface area contributed by atoms with Crippen LogP contribution in [0.2, 0.25) is 0 Å². The van der Waals surface area contributed by atoms with E-state index in [9.17, 15) is 0 Å². The van der Waals surface area contributed by atoms with Crippen LogP contribution in [-0.2, 0) is 6.54 Å². The highest BCUT2D eigenvalue weighted by Crippen LogP contribution is 2.36. The molecule has 0 unspecified atom stereocenters. The number of fused-ring (bicyclic) bond motifs is 1. The van der Waals surface area contributed by atoms with E-state index in [0.29, 0.717) is 6.04 Å². The minimum absolute atomic E-state index is 0.524. The van der Waals surface area contributed by atoms with Crippen molar-refractivity contribution in [2.24, 2.45) is 5.92 Å². The van der Waals surface area contributed by atoms with Gasteiger partial charge in [0.1, 0.15) is 0 Å². The van der Waals surface area contributed by atoms with Gasteiger partial charge >= 0.3 is 0 Å². The summed E-state index contributed by atoms with van der Waals surface area (Å²) in [4.78, 5) is 5.44. The summed E-state index contributed by atoms with van der Waals surface area (Å²) in [7, 11) is 0. The van der Waals surface area contributed by atoms with E-state index in [2.05, 4.69) is 77.4 Å². The van der Waals surface area contributed by atoms with Crippen LogP contribution in [0.4, 0.5) is 0 Å². The molecule has 0 spiro atoms. The first kappa shape index (κ1) is 15.9. The average Bonchev–Trinajstić information content (AvgIpc) is 3.05. The normalized spacial score (nSPS) is 26.2. The van der Waals surface area contributed by atoms with Gasteiger partial charge in [0.05, 0.1) is 0 Å². The summed E-state index contributed by atoms with van der Waals surface area (Å²) in [6.45, 7) is 7.21. The fourth-order valence-corrected chi connectivity index (χ4v) is 4.68. The van der Waals surface area contributed by atoms with Gasteiger partial charge in [-0.25, -0.2) is 0 Å². The van der Waals surface area contributed by atoms with E-state index in [1.54, 1.807) is 0 Å². The second-order valence-electron chi connectivity index (χ2n) is 7.47. The summed E-state index contributed by atoms with van der Waals surface area (Å²) in [6.07, 6.45) is 2.74. The molecule has 3 atom stereocenters. The zero-order valence-electron chi connectivity index (χ0n) is 14.6. The van der Waals surface area contributed by atoms with Crippen LogP contribution in [0, 0.1) is 5.92 Å². The highest BCUT2D eigenvalue weighted by Gasteiger charge is 2.40. The molecule has 24 heavy (non-hydrogen) atoms. The predicted octanol–water partition coefficient (Wildman–Crippen LogP) is 4.34. The van der Waals surface area contributed by atoms with Crippen molar-refractivity contribution in [2.75, 3.05) is 19.6 Å². The van der Waals surface area contributed by atoms with Crippen LogP contribution >= 0.6 is 0 Å².